The van der Waals surface area contributed by atoms with Gasteiger partial charge in [0.25, 0.3) is 0 Å². The molecule has 5 nitrogen and oxygen atoms in total. The van der Waals surface area contributed by atoms with E-state index in [0.717, 1.165) is 34.6 Å². The summed E-state index contributed by atoms with van der Waals surface area (Å²) in [7, 11) is -1.77. The SMILES string of the molecule is Cc1ncc(-c2ccc3c(c2)N(CCCO[Si](C)(C)C(C)(C)C)C(=O)C3(C)C)cn1. The van der Waals surface area contributed by atoms with E-state index in [1.807, 2.05) is 38.1 Å². The van der Waals surface area contributed by atoms with Gasteiger partial charge >= 0.3 is 0 Å². The van der Waals surface area contributed by atoms with Crippen LogP contribution < -0.4 is 4.90 Å². The lowest BCUT2D eigenvalue weighted by atomic mass is 9.85. The number of carbonyl (C=O) groups excluding carboxylic acids is 1. The summed E-state index contributed by atoms with van der Waals surface area (Å²) in [6.07, 6.45) is 4.50. The fourth-order valence-corrected chi connectivity index (χ4v) is 4.64. The molecule has 1 aliphatic rings. The van der Waals surface area contributed by atoms with Crippen molar-refractivity contribution in [2.75, 3.05) is 18.1 Å². The van der Waals surface area contributed by atoms with Crippen LogP contribution in [0.15, 0.2) is 30.6 Å². The van der Waals surface area contributed by atoms with Crippen LogP contribution in [0.3, 0.4) is 0 Å². The van der Waals surface area contributed by atoms with Crippen LogP contribution in [-0.4, -0.2) is 37.3 Å². The molecule has 0 aliphatic carbocycles. The summed E-state index contributed by atoms with van der Waals surface area (Å²) in [5, 5.41) is 0.191. The summed E-state index contributed by atoms with van der Waals surface area (Å²) >= 11 is 0. The van der Waals surface area contributed by atoms with E-state index in [4.69, 9.17) is 4.43 Å². The highest BCUT2D eigenvalue weighted by Crippen LogP contribution is 2.43. The molecule has 1 aromatic carbocycles. The summed E-state index contributed by atoms with van der Waals surface area (Å²) in [6, 6.07) is 6.24. The highest BCUT2D eigenvalue weighted by Gasteiger charge is 2.43. The fraction of sp³-hybridized carbons (Fsp3) is 0.542. The van der Waals surface area contributed by atoms with Gasteiger partial charge in [-0.05, 0) is 62.5 Å². The zero-order valence-corrected chi connectivity index (χ0v) is 20.7. The molecule has 1 aliphatic heterocycles. The third-order valence-corrected chi connectivity index (χ3v) is 11.2. The number of benzene rings is 1. The van der Waals surface area contributed by atoms with Gasteiger partial charge in [-0.15, -0.1) is 0 Å². The first-order chi connectivity index (χ1) is 13.8. The Balaban J connectivity index is 1.79. The Morgan fingerprint density at radius 3 is 2.33 bits per heavy atom. The number of aromatic nitrogens is 2. The number of anilines is 1. The van der Waals surface area contributed by atoms with Gasteiger partial charge in [-0.2, -0.15) is 0 Å². The first-order valence-electron chi connectivity index (χ1n) is 10.7. The standard InChI is InChI=1S/C24H35N3O2Si/c1-17-25-15-19(16-26-17)18-10-11-20-21(14-18)27(22(28)24(20,5)6)12-9-13-29-30(7,8)23(2,3)4/h10-11,14-16H,9,12-13H2,1-8H3. The molecule has 30 heavy (non-hydrogen) atoms. The molecule has 2 aromatic rings. The van der Waals surface area contributed by atoms with Gasteiger partial charge in [0.1, 0.15) is 5.82 Å². The van der Waals surface area contributed by atoms with Gasteiger partial charge in [0.15, 0.2) is 8.32 Å². The molecule has 0 bridgehead atoms. The first-order valence-corrected chi connectivity index (χ1v) is 13.6. The molecule has 1 amide bonds. The number of hydrogen-bond donors (Lipinski definition) is 0. The van der Waals surface area contributed by atoms with E-state index >= 15 is 0 Å². The lowest BCUT2D eigenvalue weighted by molar-refractivity contribution is -0.122. The lowest BCUT2D eigenvalue weighted by Gasteiger charge is -2.36. The minimum atomic E-state index is -1.77. The minimum absolute atomic E-state index is 0.155. The zero-order chi connectivity index (χ0) is 22.3. The molecule has 0 N–H and O–H groups in total. The van der Waals surface area contributed by atoms with E-state index in [2.05, 4.69) is 62.0 Å². The van der Waals surface area contributed by atoms with Gasteiger partial charge in [-0.3, -0.25) is 4.79 Å². The largest absolute Gasteiger partial charge is 0.417 e. The Morgan fingerprint density at radius 2 is 1.73 bits per heavy atom. The highest BCUT2D eigenvalue weighted by atomic mass is 28.4. The number of fused-ring (bicyclic) bond motifs is 1. The number of aryl methyl sites for hydroxylation is 1. The van der Waals surface area contributed by atoms with Crippen LogP contribution in [0.2, 0.25) is 18.1 Å². The van der Waals surface area contributed by atoms with E-state index in [-0.39, 0.29) is 10.9 Å². The van der Waals surface area contributed by atoms with Crippen molar-refractivity contribution in [3.8, 4) is 11.1 Å². The normalized spacial score (nSPS) is 16.1. The van der Waals surface area contributed by atoms with E-state index in [0.29, 0.717) is 13.2 Å². The predicted molar refractivity (Wildman–Crippen MR) is 125 cm³/mol. The van der Waals surface area contributed by atoms with Crippen molar-refractivity contribution in [2.24, 2.45) is 0 Å². The molecule has 3 rings (SSSR count). The average molecular weight is 426 g/mol. The zero-order valence-electron chi connectivity index (χ0n) is 19.7. The summed E-state index contributed by atoms with van der Waals surface area (Å²) in [5.74, 6) is 0.904. The molecule has 6 heteroatoms. The Labute approximate surface area is 182 Å². The minimum Gasteiger partial charge on any atom is -0.417 e. The third-order valence-electron chi connectivity index (χ3n) is 6.65. The molecule has 0 fully saturated rings. The molecule has 0 saturated carbocycles. The van der Waals surface area contributed by atoms with Crippen molar-refractivity contribution < 1.29 is 9.22 Å². The van der Waals surface area contributed by atoms with Gasteiger partial charge in [0, 0.05) is 36.8 Å². The van der Waals surface area contributed by atoms with Crippen molar-refractivity contribution in [3.63, 3.8) is 0 Å². The van der Waals surface area contributed by atoms with E-state index in [1.165, 1.54) is 0 Å². The van der Waals surface area contributed by atoms with Crippen LogP contribution in [0.25, 0.3) is 11.1 Å². The van der Waals surface area contributed by atoms with Gasteiger partial charge < -0.3 is 9.33 Å². The maximum absolute atomic E-state index is 13.2. The smallest absolute Gasteiger partial charge is 0.237 e. The molecular weight excluding hydrogens is 390 g/mol. The van der Waals surface area contributed by atoms with Crippen molar-refractivity contribution in [1.29, 1.82) is 0 Å². The second-order valence-electron chi connectivity index (χ2n) is 10.3. The van der Waals surface area contributed by atoms with E-state index < -0.39 is 13.7 Å². The summed E-state index contributed by atoms with van der Waals surface area (Å²) in [6.45, 7) is 18.5. The molecule has 0 unspecified atom stereocenters. The molecule has 162 valence electrons. The van der Waals surface area contributed by atoms with Crippen LogP contribution >= 0.6 is 0 Å². The molecule has 0 saturated heterocycles. The van der Waals surface area contributed by atoms with Gasteiger partial charge in [-0.1, -0.05) is 32.9 Å². The van der Waals surface area contributed by atoms with Gasteiger partial charge in [0.2, 0.25) is 5.91 Å². The van der Waals surface area contributed by atoms with Crippen LogP contribution in [0.5, 0.6) is 0 Å². The van der Waals surface area contributed by atoms with Crippen LogP contribution in [0, 0.1) is 6.92 Å². The van der Waals surface area contributed by atoms with Crippen LogP contribution in [0.1, 0.15) is 52.4 Å². The summed E-state index contributed by atoms with van der Waals surface area (Å²) < 4.78 is 6.32. The van der Waals surface area contributed by atoms with Crippen LogP contribution in [0.4, 0.5) is 5.69 Å². The summed E-state index contributed by atoms with van der Waals surface area (Å²) in [5.41, 5.74) is 3.55. The van der Waals surface area contributed by atoms with E-state index in [9.17, 15) is 4.79 Å². The molecule has 1 aromatic heterocycles. The number of carbonyl (C=O) groups is 1. The lowest BCUT2D eigenvalue weighted by Crippen LogP contribution is -2.42. The molecular formula is C24H35N3O2Si. The van der Waals surface area contributed by atoms with Crippen molar-refractivity contribution in [2.45, 2.75) is 71.5 Å². The Hall–Kier alpha value is -2.05. The highest BCUT2D eigenvalue weighted by molar-refractivity contribution is 6.74. The quantitative estimate of drug-likeness (QED) is 0.454. The van der Waals surface area contributed by atoms with Crippen LogP contribution in [-0.2, 0) is 14.6 Å². The second-order valence-corrected chi connectivity index (χ2v) is 15.1. The number of rotatable bonds is 6. The Kier molecular flexibility index (Phi) is 5.95. The third kappa shape index (κ3) is 4.21. The van der Waals surface area contributed by atoms with Crippen molar-refractivity contribution in [3.05, 3.63) is 42.0 Å². The Bertz CT molecular complexity index is 930. The fourth-order valence-electron chi connectivity index (χ4n) is 3.56. The Morgan fingerprint density at radius 1 is 1.10 bits per heavy atom. The molecule has 2 heterocycles. The predicted octanol–water partition coefficient (Wildman–Crippen LogP) is 5.49. The van der Waals surface area contributed by atoms with Crippen molar-refractivity contribution in [1.82, 2.24) is 9.97 Å². The maximum atomic E-state index is 13.2. The second kappa shape index (κ2) is 7.89. The number of amides is 1. The molecule has 0 radical (unpaired) electrons. The summed E-state index contributed by atoms with van der Waals surface area (Å²) in [4.78, 5) is 23.8. The van der Waals surface area contributed by atoms with Gasteiger partial charge in [-0.25, -0.2) is 9.97 Å². The van der Waals surface area contributed by atoms with E-state index in [1.54, 1.807) is 0 Å². The first kappa shape index (κ1) is 22.6. The number of nitrogens with zero attached hydrogens (tertiary/aromatic N) is 3. The topological polar surface area (TPSA) is 55.3 Å². The molecule has 0 spiro atoms. The average Bonchev–Trinajstić information content (AvgIpc) is 2.84. The maximum Gasteiger partial charge on any atom is 0.237 e. The molecule has 0 atom stereocenters. The number of hydrogen-bond acceptors (Lipinski definition) is 4. The van der Waals surface area contributed by atoms with Crippen molar-refractivity contribution >= 4 is 19.9 Å². The monoisotopic (exact) mass is 425 g/mol. The van der Waals surface area contributed by atoms with Gasteiger partial charge in [0.05, 0.1) is 5.41 Å².